The molecule has 1 rings (SSSR count). The first-order valence-corrected chi connectivity index (χ1v) is 4.71. The summed E-state index contributed by atoms with van der Waals surface area (Å²) in [6.07, 6.45) is 2.28. The predicted molar refractivity (Wildman–Crippen MR) is 53.2 cm³/mol. The molecule has 0 heterocycles. The second-order valence-corrected chi connectivity index (χ2v) is 3.70. The van der Waals surface area contributed by atoms with Gasteiger partial charge in [-0.2, -0.15) is 0 Å². The minimum atomic E-state index is 0.741. The maximum Gasteiger partial charge on any atom is -0.0178 e. The number of hydrogen-bond donors (Lipinski definition) is 0. The standard InChI is InChI=1S/C12H17/c1-4-11-6-5-7-12(9-11)8-10(2)3/h6-7,9-10H,4,8H2,1-3H3. The SMILES string of the molecule is CCc1c[c]cc(CC(C)C)c1. The van der Waals surface area contributed by atoms with Gasteiger partial charge in [-0.15, -0.1) is 0 Å². The highest BCUT2D eigenvalue weighted by Crippen LogP contribution is 2.10. The van der Waals surface area contributed by atoms with Crippen molar-refractivity contribution in [1.82, 2.24) is 0 Å². The first-order valence-electron chi connectivity index (χ1n) is 4.71. The molecule has 0 aromatic heterocycles. The minimum absolute atomic E-state index is 0.741. The average Bonchev–Trinajstić information content (AvgIpc) is 2.03. The van der Waals surface area contributed by atoms with Gasteiger partial charge in [0, 0.05) is 0 Å². The maximum atomic E-state index is 3.19. The molecule has 0 amide bonds. The fraction of sp³-hybridized carbons (Fsp3) is 0.500. The zero-order valence-corrected chi connectivity index (χ0v) is 8.22. The van der Waals surface area contributed by atoms with Crippen molar-refractivity contribution in [2.75, 3.05) is 0 Å². The number of aryl methyl sites for hydroxylation is 1. The lowest BCUT2D eigenvalue weighted by Gasteiger charge is -2.05. The Kier molecular flexibility index (Phi) is 3.33. The Bertz CT molecular complexity index is 236. The lowest BCUT2D eigenvalue weighted by atomic mass is 10.0. The molecule has 1 aromatic rings. The van der Waals surface area contributed by atoms with Crippen molar-refractivity contribution >= 4 is 0 Å². The quantitative estimate of drug-likeness (QED) is 0.638. The van der Waals surface area contributed by atoms with Crippen LogP contribution in [0, 0.1) is 12.0 Å². The van der Waals surface area contributed by atoms with Gasteiger partial charge in [0.1, 0.15) is 0 Å². The maximum absolute atomic E-state index is 3.19. The summed E-state index contributed by atoms with van der Waals surface area (Å²) in [5.74, 6) is 0.741. The summed E-state index contributed by atoms with van der Waals surface area (Å²) in [6, 6.07) is 9.64. The van der Waals surface area contributed by atoms with Crippen molar-refractivity contribution < 1.29 is 0 Å². The molecule has 0 aliphatic carbocycles. The molecule has 0 spiro atoms. The van der Waals surface area contributed by atoms with Crippen molar-refractivity contribution in [3.63, 3.8) is 0 Å². The highest BCUT2D eigenvalue weighted by Gasteiger charge is 1.97. The van der Waals surface area contributed by atoms with Gasteiger partial charge >= 0.3 is 0 Å². The molecule has 0 atom stereocenters. The van der Waals surface area contributed by atoms with Crippen LogP contribution >= 0.6 is 0 Å². The van der Waals surface area contributed by atoms with E-state index in [1.807, 2.05) is 0 Å². The van der Waals surface area contributed by atoms with Gasteiger partial charge in [-0.25, -0.2) is 0 Å². The van der Waals surface area contributed by atoms with E-state index in [-0.39, 0.29) is 0 Å². The van der Waals surface area contributed by atoms with Crippen LogP contribution < -0.4 is 0 Å². The summed E-state index contributed by atoms with van der Waals surface area (Å²) in [7, 11) is 0. The average molecular weight is 161 g/mol. The Hall–Kier alpha value is -0.780. The summed E-state index contributed by atoms with van der Waals surface area (Å²) in [5.41, 5.74) is 2.82. The molecule has 0 aliphatic heterocycles. The Balaban J connectivity index is 2.72. The second kappa shape index (κ2) is 4.30. The van der Waals surface area contributed by atoms with Crippen LogP contribution in [0.1, 0.15) is 31.9 Å². The van der Waals surface area contributed by atoms with Gasteiger partial charge < -0.3 is 0 Å². The van der Waals surface area contributed by atoms with E-state index in [4.69, 9.17) is 0 Å². The molecule has 0 saturated carbocycles. The van der Waals surface area contributed by atoms with Crippen molar-refractivity contribution in [3.05, 3.63) is 35.4 Å². The van der Waals surface area contributed by atoms with Crippen molar-refractivity contribution in [2.24, 2.45) is 5.92 Å². The molecule has 0 aliphatic rings. The van der Waals surface area contributed by atoms with Gasteiger partial charge in [0.15, 0.2) is 0 Å². The highest BCUT2D eigenvalue weighted by molar-refractivity contribution is 5.22. The largest absolute Gasteiger partial charge is 0.0625 e. The molecule has 0 saturated heterocycles. The van der Waals surface area contributed by atoms with Crippen molar-refractivity contribution in [1.29, 1.82) is 0 Å². The van der Waals surface area contributed by atoms with Gasteiger partial charge in [-0.1, -0.05) is 39.0 Å². The van der Waals surface area contributed by atoms with E-state index in [9.17, 15) is 0 Å². The van der Waals surface area contributed by atoms with E-state index in [0.717, 1.165) is 12.3 Å². The van der Waals surface area contributed by atoms with Crippen molar-refractivity contribution in [2.45, 2.75) is 33.6 Å². The molecule has 0 nitrogen and oxygen atoms in total. The Morgan fingerprint density at radius 2 is 1.92 bits per heavy atom. The highest BCUT2D eigenvalue weighted by atomic mass is 14.0. The Labute approximate surface area is 75.6 Å². The molecule has 0 fully saturated rings. The van der Waals surface area contributed by atoms with Crippen LogP contribution in [0.2, 0.25) is 0 Å². The fourth-order valence-electron chi connectivity index (χ4n) is 1.37. The molecule has 1 aromatic carbocycles. The van der Waals surface area contributed by atoms with Gasteiger partial charge in [0.05, 0.1) is 0 Å². The first-order chi connectivity index (χ1) is 5.72. The van der Waals surface area contributed by atoms with Crippen molar-refractivity contribution in [3.8, 4) is 0 Å². The predicted octanol–water partition coefficient (Wildman–Crippen LogP) is 3.25. The van der Waals surface area contributed by atoms with Gasteiger partial charge in [-0.05, 0) is 36.0 Å². The summed E-state index contributed by atoms with van der Waals surface area (Å²) >= 11 is 0. The van der Waals surface area contributed by atoms with E-state index in [2.05, 4.69) is 45.0 Å². The van der Waals surface area contributed by atoms with E-state index in [1.165, 1.54) is 17.5 Å². The van der Waals surface area contributed by atoms with Gasteiger partial charge in [0.2, 0.25) is 0 Å². The second-order valence-electron chi connectivity index (χ2n) is 3.70. The van der Waals surface area contributed by atoms with Crippen LogP contribution in [0.3, 0.4) is 0 Å². The lowest BCUT2D eigenvalue weighted by Crippen LogP contribution is -1.94. The summed E-state index contributed by atoms with van der Waals surface area (Å²) in [4.78, 5) is 0. The fourth-order valence-corrected chi connectivity index (χ4v) is 1.37. The smallest absolute Gasteiger partial charge is 0.0178 e. The third-order valence-corrected chi connectivity index (χ3v) is 1.96. The topological polar surface area (TPSA) is 0 Å². The Morgan fingerprint density at radius 3 is 2.50 bits per heavy atom. The number of hydrogen-bond acceptors (Lipinski definition) is 0. The summed E-state index contributed by atoms with van der Waals surface area (Å²) < 4.78 is 0. The first kappa shape index (κ1) is 9.31. The minimum Gasteiger partial charge on any atom is -0.0625 e. The molecule has 0 N–H and O–H groups in total. The van der Waals surface area contributed by atoms with Gasteiger partial charge in [0.25, 0.3) is 0 Å². The summed E-state index contributed by atoms with van der Waals surface area (Å²) in [6.45, 7) is 6.68. The normalized spacial score (nSPS) is 10.7. The lowest BCUT2D eigenvalue weighted by molar-refractivity contribution is 0.646. The van der Waals surface area contributed by atoms with Crippen LogP contribution in [0.5, 0.6) is 0 Å². The van der Waals surface area contributed by atoms with Crippen LogP contribution in [0.15, 0.2) is 18.2 Å². The third-order valence-electron chi connectivity index (χ3n) is 1.96. The van der Waals surface area contributed by atoms with E-state index < -0.39 is 0 Å². The Morgan fingerprint density at radius 1 is 1.25 bits per heavy atom. The van der Waals surface area contributed by atoms with Crippen LogP contribution in [0.4, 0.5) is 0 Å². The van der Waals surface area contributed by atoms with E-state index in [0.29, 0.717) is 0 Å². The van der Waals surface area contributed by atoms with E-state index in [1.54, 1.807) is 0 Å². The van der Waals surface area contributed by atoms with Gasteiger partial charge in [-0.3, -0.25) is 0 Å². The molecule has 0 unspecified atom stereocenters. The molecule has 0 bridgehead atoms. The summed E-state index contributed by atoms with van der Waals surface area (Å²) in [5, 5.41) is 0. The molecule has 12 heavy (non-hydrogen) atoms. The van der Waals surface area contributed by atoms with Crippen LogP contribution in [0.25, 0.3) is 0 Å². The number of rotatable bonds is 3. The molecule has 1 radical (unpaired) electrons. The monoisotopic (exact) mass is 161 g/mol. The zero-order valence-electron chi connectivity index (χ0n) is 8.22. The molecule has 0 heteroatoms. The van der Waals surface area contributed by atoms with Crippen LogP contribution in [-0.2, 0) is 12.8 Å². The van der Waals surface area contributed by atoms with Crippen LogP contribution in [-0.4, -0.2) is 0 Å². The van der Waals surface area contributed by atoms with E-state index >= 15 is 0 Å². The molecular weight excluding hydrogens is 144 g/mol. The molecular formula is C12H17. The third kappa shape index (κ3) is 2.69. The number of benzene rings is 1. The molecule has 65 valence electrons. The zero-order chi connectivity index (χ0) is 8.97.